The maximum absolute atomic E-state index is 11.8. The molecule has 0 spiro atoms. The Bertz CT molecular complexity index is 418. The van der Waals surface area contributed by atoms with Crippen LogP contribution >= 0.6 is 0 Å². The van der Waals surface area contributed by atoms with Gasteiger partial charge >= 0.3 is 0 Å². The predicted molar refractivity (Wildman–Crippen MR) is 83.1 cm³/mol. The first-order chi connectivity index (χ1) is 10.4. The molecule has 0 heterocycles. The molecule has 0 saturated carbocycles. The molecule has 0 fully saturated rings. The highest BCUT2D eigenvalue weighted by Gasteiger charge is 2.18. The molecular weight excluding hydrogens is 286 g/mol. The Balaban J connectivity index is 4.20. The second-order valence-corrected chi connectivity index (χ2v) is 4.79. The van der Waals surface area contributed by atoms with Crippen LogP contribution in [0.5, 0.6) is 0 Å². The summed E-state index contributed by atoms with van der Waals surface area (Å²) < 4.78 is 5.43. The molecule has 0 aliphatic carbocycles. The molecule has 124 valence electrons. The largest absolute Gasteiger partial charge is 0.378 e. The van der Waals surface area contributed by atoms with Gasteiger partial charge in [-0.3, -0.25) is 14.4 Å². The van der Waals surface area contributed by atoms with E-state index in [4.69, 9.17) is 11.2 Å². The molecule has 0 saturated heterocycles. The first-order valence-corrected chi connectivity index (χ1v) is 7.21. The number of terminal acetylenes is 1. The minimum atomic E-state index is -0.477. The van der Waals surface area contributed by atoms with Crippen molar-refractivity contribution >= 4 is 17.6 Å². The molecule has 7 nitrogen and oxygen atoms in total. The normalized spacial score (nSPS) is 11.4. The van der Waals surface area contributed by atoms with Crippen LogP contribution in [-0.2, 0) is 19.1 Å². The van der Waals surface area contributed by atoms with Crippen molar-refractivity contribution in [2.45, 2.75) is 26.3 Å². The molecule has 0 aliphatic heterocycles. The quantitative estimate of drug-likeness (QED) is 0.384. The molecule has 0 aromatic heterocycles. The summed E-state index contributed by atoms with van der Waals surface area (Å²) in [5.41, 5.74) is 0. The van der Waals surface area contributed by atoms with Gasteiger partial charge in [-0.25, -0.2) is 0 Å². The summed E-state index contributed by atoms with van der Waals surface area (Å²) in [5, 5.41) is 5.53. The molecule has 2 N–H and O–H groups in total. The van der Waals surface area contributed by atoms with Crippen molar-refractivity contribution in [1.29, 1.82) is 0 Å². The van der Waals surface area contributed by atoms with Crippen molar-refractivity contribution in [2.24, 2.45) is 0 Å². The van der Waals surface area contributed by atoms with Crippen LogP contribution in [0.3, 0.4) is 0 Å². The van der Waals surface area contributed by atoms with E-state index in [-0.39, 0.29) is 24.3 Å². The van der Waals surface area contributed by atoms with Gasteiger partial charge in [-0.05, 0) is 19.9 Å². The third kappa shape index (κ3) is 9.10. The Hall–Kier alpha value is -1.91. The summed E-state index contributed by atoms with van der Waals surface area (Å²) >= 11 is 0. The van der Waals surface area contributed by atoms with Crippen LogP contribution in [0, 0.1) is 12.3 Å². The summed E-state index contributed by atoms with van der Waals surface area (Å²) in [6.45, 7) is 4.70. The van der Waals surface area contributed by atoms with Gasteiger partial charge in [-0.2, -0.15) is 0 Å². The summed E-state index contributed by atoms with van der Waals surface area (Å²) in [6, 6.07) is -0.0989. The van der Waals surface area contributed by atoms with Gasteiger partial charge in [0.2, 0.25) is 5.91 Å². The van der Waals surface area contributed by atoms with Crippen LogP contribution in [0.4, 0.5) is 0 Å². The number of Topliss-reactive ketones (excluding diaryl/α,β-unsaturated/α-hetero) is 1. The van der Waals surface area contributed by atoms with Gasteiger partial charge in [0, 0.05) is 25.6 Å². The Morgan fingerprint density at radius 3 is 2.55 bits per heavy atom. The van der Waals surface area contributed by atoms with Crippen LogP contribution < -0.4 is 10.6 Å². The average Bonchev–Trinajstić information content (AvgIpc) is 2.50. The van der Waals surface area contributed by atoms with Crippen molar-refractivity contribution < 1.29 is 19.1 Å². The van der Waals surface area contributed by atoms with Crippen molar-refractivity contribution in [2.75, 3.05) is 39.9 Å². The molecule has 0 aromatic rings. The number of hydrogen-bond acceptors (Lipinski definition) is 5. The number of hydrogen-bond donors (Lipinski definition) is 2. The molecular formula is C15H25N3O4. The zero-order chi connectivity index (χ0) is 17.0. The number of carbonyl (C=O) groups excluding carboxylic acids is 3. The number of carbonyl (C=O) groups is 3. The van der Waals surface area contributed by atoms with Gasteiger partial charge in [0.1, 0.15) is 5.78 Å². The number of likely N-dealkylation sites (N-methyl/N-ethyl adjacent to an activating group) is 1. The Labute approximate surface area is 131 Å². The van der Waals surface area contributed by atoms with E-state index in [2.05, 4.69) is 10.6 Å². The topological polar surface area (TPSA) is 87.7 Å². The van der Waals surface area contributed by atoms with Crippen LogP contribution in [-0.4, -0.2) is 68.4 Å². The minimum absolute atomic E-state index is 0.0606. The Morgan fingerprint density at radius 1 is 1.36 bits per heavy atom. The van der Waals surface area contributed by atoms with E-state index < -0.39 is 5.91 Å². The van der Waals surface area contributed by atoms with Gasteiger partial charge in [0.15, 0.2) is 0 Å². The lowest BCUT2D eigenvalue weighted by atomic mass is 10.2. The maximum atomic E-state index is 11.8. The zero-order valence-corrected chi connectivity index (χ0v) is 13.5. The Kier molecular flexibility index (Phi) is 10.7. The third-order valence-electron chi connectivity index (χ3n) is 2.90. The predicted octanol–water partition coefficient (Wildman–Crippen LogP) is -0.832. The van der Waals surface area contributed by atoms with Crippen LogP contribution in [0.2, 0.25) is 0 Å². The standard InChI is InChI=1S/C15H25N3O4/c1-5-14(20)17-7-8-22-11-13(16-4)10-18(9-12(3)19)15(21)6-2/h1,13,16H,6-11H2,2-4H3,(H,17,20)/t13-/m1/s1. The van der Waals surface area contributed by atoms with E-state index in [0.29, 0.717) is 32.7 Å². The molecule has 0 aliphatic rings. The molecule has 0 radical (unpaired) electrons. The fourth-order valence-electron chi connectivity index (χ4n) is 1.75. The number of nitrogens with one attached hydrogen (secondary N) is 2. The van der Waals surface area contributed by atoms with Crippen LogP contribution in [0.25, 0.3) is 0 Å². The maximum Gasteiger partial charge on any atom is 0.295 e. The number of rotatable bonds is 11. The molecule has 0 bridgehead atoms. The summed E-state index contributed by atoms with van der Waals surface area (Å²) in [4.78, 5) is 35.4. The van der Waals surface area contributed by atoms with Gasteiger partial charge in [-0.15, -0.1) is 6.42 Å². The van der Waals surface area contributed by atoms with Crippen molar-refractivity contribution in [1.82, 2.24) is 15.5 Å². The molecule has 7 heteroatoms. The van der Waals surface area contributed by atoms with E-state index in [1.165, 1.54) is 11.8 Å². The van der Waals surface area contributed by atoms with E-state index in [1.54, 1.807) is 14.0 Å². The molecule has 1 atom stereocenters. The van der Waals surface area contributed by atoms with Crippen molar-refractivity contribution in [3.05, 3.63) is 0 Å². The van der Waals surface area contributed by atoms with Crippen LogP contribution in [0.15, 0.2) is 0 Å². The van der Waals surface area contributed by atoms with Crippen molar-refractivity contribution in [3.63, 3.8) is 0 Å². The summed E-state index contributed by atoms with van der Waals surface area (Å²) in [6.07, 6.45) is 5.26. The zero-order valence-electron chi connectivity index (χ0n) is 13.5. The van der Waals surface area contributed by atoms with Gasteiger partial charge < -0.3 is 20.3 Å². The lowest BCUT2D eigenvalue weighted by Crippen LogP contribution is -2.46. The average molecular weight is 311 g/mol. The first kappa shape index (κ1) is 20.1. The molecule has 2 amide bonds. The first-order valence-electron chi connectivity index (χ1n) is 7.21. The summed E-state index contributed by atoms with van der Waals surface area (Å²) in [7, 11) is 1.76. The Morgan fingerprint density at radius 2 is 2.05 bits per heavy atom. The second kappa shape index (κ2) is 11.7. The molecule has 0 aromatic carbocycles. The smallest absolute Gasteiger partial charge is 0.295 e. The fraction of sp³-hybridized carbons (Fsp3) is 0.667. The van der Waals surface area contributed by atoms with E-state index >= 15 is 0 Å². The lowest BCUT2D eigenvalue weighted by Gasteiger charge is -2.26. The SMILES string of the molecule is C#CC(=O)NCCOC[C@@H](CN(CC(C)=O)C(=O)CC)NC. The monoisotopic (exact) mass is 311 g/mol. The molecule has 22 heavy (non-hydrogen) atoms. The van der Waals surface area contributed by atoms with Gasteiger partial charge in [-0.1, -0.05) is 6.92 Å². The van der Waals surface area contributed by atoms with Crippen LogP contribution in [0.1, 0.15) is 20.3 Å². The van der Waals surface area contributed by atoms with Gasteiger partial charge in [0.05, 0.1) is 19.8 Å². The lowest BCUT2D eigenvalue weighted by molar-refractivity contribution is -0.135. The second-order valence-electron chi connectivity index (χ2n) is 4.79. The number of nitrogens with zero attached hydrogens (tertiary/aromatic N) is 1. The highest BCUT2D eigenvalue weighted by atomic mass is 16.5. The number of ether oxygens (including phenoxy) is 1. The summed E-state index contributed by atoms with van der Waals surface area (Å²) in [5.74, 6) is 1.34. The minimum Gasteiger partial charge on any atom is -0.378 e. The number of amides is 2. The molecule has 0 unspecified atom stereocenters. The fourth-order valence-corrected chi connectivity index (χ4v) is 1.75. The highest BCUT2D eigenvalue weighted by molar-refractivity contribution is 5.92. The van der Waals surface area contributed by atoms with Crippen molar-refractivity contribution in [3.8, 4) is 12.3 Å². The highest BCUT2D eigenvalue weighted by Crippen LogP contribution is 1.98. The van der Waals surface area contributed by atoms with E-state index in [0.717, 1.165) is 0 Å². The van der Waals surface area contributed by atoms with E-state index in [1.807, 2.05) is 5.92 Å². The third-order valence-corrected chi connectivity index (χ3v) is 2.90. The van der Waals surface area contributed by atoms with Gasteiger partial charge in [0.25, 0.3) is 5.91 Å². The number of ketones is 1. The van der Waals surface area contributed by atoms with E-state index in [9.17, 15) is 14.4 Å². The molecule has 0 rings (SSSR count).